The zero-order valence-corrected chi connectivity index (χ0v) is 21.4. The third kappa shape index (κ3) is 5.04. The van der Waals surface area contributed by atoms with Crippen molar-refractivity contribution in [3.8, 4) is 6.07 Å². The summed E-state index contributed by atoms with van der Waals surface area (Å²) in [5.41, 5.74) is 1.82. The quantitative estimate of drug-likeness (QED) is 0.671. The van der Waals surface area contributed by atoms with Crippen LogP contribution in [-0.2, 0) is 0 Å². The number of pyridine rings is 1. The van der Waals surface area contributed by atoms with E-state index >= 15 is 0 Å². The molecule has 1 aromatic heterocycles. The first-order chi connectivity index (χ1) is 17.6. The zero-order valence-electron chi connectivity index (χ0n) is 20.7. The van der Waals surface area contributed by atoms with Crippen LogP contribution in [0.4, 0.5) is 5.82 Å². The maximum Gasteiger partial charge on any atom is 0.255 e. The molecule has 4 heterocycles. The molecule has 9 heteroatoms. The van der Waals surface area contributed by atoms with Gasteiger partial charge in [0, 0.05) is 68.1 Å². The van der Waals surface area contributed by atoms with E-state index < -0.39 is 0 Å². The van der Waals surface area contributed by atoms with Crippen molar-refractivity contribution in [2.75, 3.05) is 50.7 Å². The Labute approximate surface area is 217 Å². The molecule has 8 nitrogen and oxygen atoms in total. The predicted molar refractivity (Wildman–Crippen MR) is 142 cm³/mol. The van der Waals surface area contributed by atoms with Crippen LogP contribution in [-0.4, -0.2) is 84.4 Å². The van der Waals surface area contributed by atoms with Gasteiger partial charge in [0.25, 0.3) is 5.91 Å². The third-order valence-corrected chi connectivity index (χ3v) is 7.81. The molecule has 1 N–H and O–H groups in total. The van der Waals surface area contributed by atoms with E-state index in [1.54, 1.807) is 18.2 Å². The number of aliphatic imine (C=N–C) groups is 1. The first-order valence-electron chi connectivity index (χ1n) is 12.8. The third-order valence-electron chi connectivity index (χ3n) is 7.57. The lowest BCUT2D eigenvalue weighted by Gasteiger charge is -2.47. The van der Waals surface area contributed by atoms with Crippen molar-refractivity contribution in [3.05, 3.63) is 58.2 Å². The molecule has 36 heavy (non-hydrogen) atoms. The van der Waals surface area contributed by atoms with Gasteiger partial charge in [0.1, 0.15) is 17.7 Å². The van der Waals surface area contributed by atoms with Crippen molar-refractivity contribution in [2.24, 2.45) is 4.99 Å². The number of nitrogens with zero attached hydrogens (tertiary/aromatic N) is 6. The highest BCUT2D eigenvalue weighted by atomic mass is 35.5. The molecule has 3 aliphatic heterocycles. The average Bonchev–Trinajstić information content (AvgIpc) is 3.48. The zero-order chi connectivity index (χ0) is 25.1. The van der Waals surface area contributed by atoms with E-state index in [-0.39, 0.29) is 5.91 Å². The van der Waals surface area contributed by atoms with E-state index in [0.29, 0.717) is 41.3 Å². The largest absolute Gasteiger partial charge is 0.368 e. The number of benzene rings is 1. The Bertz CT molecular complexity index is 1170. The number of piperidine rings is 1. The van der Waals surface area contributed by atoms with Gasteiger partial charge in [-0.05, 0) is 49.6 Å². The molecule has 2 fully saturated rings. The Hall–Kier alpha value is -3.15. The second-order valence-corrected chi connectivity index (χ2v) is 10.1. The molecule has 3 aliphatic rings. The number of hydrogen-bond donors (Lipinski definition) is 1. The van der Waals surface area contributed by atoms with E-state index in [9.17, 15) is 10.1 Å². The molecule has 0 unspecified atom stereocenters. The second kappa shape index (κ2) is 10.9. The molecule has 5 rings (SSSR count). The van der Waals surface area contributed by atoms with Gasteiger partial charge in [0.05, 0.1) is 17.7 Å². The minimum atomic E-state index is -0.0770. The van der Waals surface area contributed by atoms with Gasteiger partial charge in [0.2, 0.25) is 0 Å². The van der Waals surface area contributed by atoms with Crippen LogP contribution in [0, 0.1) is 11.3 Å². The van der Waals surface area contributed by atoms with Crippen LogP contribution in [0.1, 0.15) is 47.7 Å². The Balaban J connectivity index is 1.18. The van der Waals surface area contributed by atoms with E-state index in [2.05, 4.69) is 45.2 Å². The van der Waals surface area contributed by atoms with Crippen molar-refractivity contribution in [3.63, 3.8) is 0 Å². The normalized spacial score (nSPS) is 21.1. The Morgan fingerprint density at radius 3 is 2.69 bits per heavy atom. The van der Waals surface area contributed by atoms with Gasteiger partial charge in [-0.15, -0.1) is 0 Å². The monoisotopic (exact) mass is 505 g/mol. The Morgan fingerprint density at radius 2 is 2.03 bits per heavy atom. The summed E-state index contributed by atoms with van der Waals surface area (Å²) < 4.78 is 0. The molecule has 0 aliphatic carbocycles. The summed E-state index contributed by atoms with van der Waals surface area (Å²) in [4.78, 5) is 29.2. The van der Waals surface area contributed by atoms with Crippen LogP contribution in [0.3, 0.4) is 0 Å². The average molecular weight is 506 g/mol. The number of piperazine rings is 1. The van der Waals surface area contributed by atoms with Crippen molar-refractivity contribution < 1.29 is 4.79 Å². The van der Waals surface area contributed by atoms with Gasteiger partial charge in [-0.3, -0.25) is 14.7 Å². The van der Waals surface area contributed by atoms with Gasteiger partial charge < -0.3 is 15.1 Å². The fraction of sp³-hybridized carbons (Fsp3) is 0.481. The minimum absolute atomic E-state index is 0.0770. The Kier molecular flexibility index (Phi) is 7.40. The van der Waals surface area contributed by atoms with E-state index in [1.165, 1.54) is 0 Å². The van der Waals surface area contributed by atoms with E-state index in [4.69, 9.17) is 16.6 Å². The lowest BCUT2D eigenvalue weighted by atomic mass is 9.97. The van der Waals surface area contributed by atoms with Crippen LogP contribution in [0.15, 0.2) is 41.5 Å². The summed E-state index contributed by atoms with van der Waals surface area (Å²) in [6, 6.07) is 12.1. The molecule has 0 radical (unpaired) electrons. The topological polar surface area (TPSA) is 87.9 Å². The van der Waals surface area contributed by atoms with Gasteiger partial charge in [-0.2, -0.15) is 5.26 Å². The number of hydrogen-bond acceptors (Lipinski definition) is 7. The predicted octanol–water partition coefficient (Wildman–Crippen LogP) is 3.16. The number of likely N-dealkylation sites (tertiary alicyclic amines) is 1. The minimum Gasteiger partial charge on any atom is -0.368 e. The maximum absolute atomic E-state index is 13.1. The second-order valence-electron chi connectivity index (χ2n) is 9.63. The maximum atomic E-state index is 13.1. The lowest BCUT2D eigenvalue weighted by molar-refractivity contribution is 0.0490. The number of nitriles is 1. The molecule has 2 aromatic rings. The van der Waals surface area contributed by atoms with Gasteiger partial charge >= 0.3 is 0 Å². The van der Waals surface area contributed by atoms with Crippen molar-refractivity contribution in [1.82, 2.24) is 20.1 Å². The number of amides is 1. The first kappa shape index (κ1) is 24.5. The van der Waals surface area contributed by atoms with Crippen LogP contribution >= 0.6 is 11.6 Å². The highest BCUT2D eigenvalue weighted by molar-refractivity contribution is 6.30. The van der Waals surface area contributed by atoms with E-state index in [0.717, 1.165) is 69.2 Å². The highest BCUT2D eigenvalue weighted by Crippen LogP contribution is 2.27. The summed E-state index contributed by atoms with van der Waals surface area (Å²) in [6.45, 7) is 8.27. The molecule has 1 aromatic carbocycles. The highest BCUT2D eigenvalue weighted by Gasteiger charge is 2.34. The molecule has 2 saturated heterocycles. The molecule has 1 atom stereocenters. The Morgan fingerprint density at radius 1 is 1.19 bits per heavy atom. The number of aromatic nitrogens is 1. The molecule has 0 saturated carbocycles. The molecule has 188 valence electrons. The van der Waals surface area contributed by atoms with Gasteiger partial charge in [-0.25, -0.2) is 4.98 Å². The van der Waals surface area contributed by atoms with Crippen molar-refractivity contribution >= 4 is 29.2 Å². The number of halogens is 1. The summed E-state index contributed by atoms with van der Waals surface area (Å²) in [5.74, 6) is 1.88. The molecule has 0 bridgehead atoms. The van der Waals surface area contributed by atoms with Gasteiger partial charge in [-0.1, -0.05) is 18.5 Å². The number of rotatable bonds is 5. The van der Waals surface area contributed by atoms with Crippen molar-refractivity contribution in [2.45, 2.75) is 38.3 Å². The number of carbonyl (C=O) groups excluding carboxylic acids is 1. The standard InChI is InChI=1S/C27H32ClN7O/c1-2-22-18-34(25-6-3-19(17-32-25)26-30-9-10-31-26)13-14-35(22)23-7-11-33(12-8-23)27(36)24-5-4-21(28)15-20(24)16-29/h3-6,15,17,22-23H,2,7-14,18H2,1H3,(H,30,31)/t22-/m0/s1. The summed E-state index contributed by atoms with van der Waals surface area (Å²) in [5, 5.41) is 13.2. The number of anilines is 1. The molecule has 1 amide bonds. The van der Waals surface area contributed by atoms with Crippen LogP contribution in [0.25, 0.3) is 0 Å². The fourth-order valence-corrected chi connectivity index (χ4v) is 5.76. The van der Waals surface area contributed by atoms with E-state index in [1.807, 2.05) is 11.1 Å². The first-order valence-corrected chi connectivity index (χ1v) is 13.2. The van der Waals surface area contributed by atoms with Crippen LogP contribution in [0.2, 0.25) is 5.02 Å². The number of amidine groups is 1. The number of nitrogens with one attached hydrogen (secondary N) is 1. The summed E-state index contributed by atoms with van der Waals surface area (Å²) in [6.07, 6.45) is 4.88. The molecule has 0 spiro atoms. The SMILES string of the molecule is CC[C@H]1CN(c2ccc(C3=NCCN3)cn2)CCN1C1CCN(C(=O)c2ccc(Cl)cc2C#N)CC1. The molecular weight excluding hydrogens is 474 g/mol. The number of carbonyl (C=O) groups is 1. The lowest BCUT2D eigenvalue weighted by Crippen LogP contribution is -2.58. The fourth-order valence-electron chi connectivity index (χ4n) is 5.59. The van der Waals surface area contributed by atoms with Gasteiger partial charge in [0.15, 0.2) is 0 Å². The van der Waals surface area contributed by atoms with Crippen LogP contribution < -0.4 is 10.2 Å². The summed E-state index contributed by atoms with van der Waals surface area (Å²) >= 11 is 6.01. The summed E-state index contributed by atoms with van der Waals surface area (Å²) in [7, 11) is 0. The van der Waals surface area contributed by atoms with Crippen LogP contribution in [0.5, 0.6) is 0 Å². The smallest absolute Gasteiger partial charge is 0.255 e. The molecular formula is C27H32ClN7O. The van der Waals surface area contributed by atoms with Crippen molar-refractivity contribution in [1.29, 1.82) is 5.26 Å².